The van der Waals surface area contributed by atoms with Crippen molar-refractivity contribution in [2.45, 2.75) is 66.2 Å². The van der Waals surface area contributed by atoms with Crippen molar-refractivity contribution in [3.8, 4) is 16.9 Å². The van der Waals surface area contributed by atoms with Crippen LogP contribution in [0.2, 0.25) is 0 Å². The molecule has 1 nitrogen and oxygen atoms in total. The van der Waals surface area contributed by atoms with Crippen LogP contribution in [0.5, 0.6) is 5.75 Å². The summed E-state index contributed by atoms with van der Waals surface area (Å²) >= 11 is 1.83. The third-order valence-corrected chi connectivity index (χ3v) is 5.04. The summed E-state index contributed by atoms with van der Waals surface area (Å²) in [6.07, 6.45) is 0. The van der Waals surface area contributed by atoms with E-state index in [1.165, 1.54) is 20.9 Å². The lowest BCUT2D eigenvalue weighted by Crippen LogP contribution is -2.17. The first kappa shape index (κ1) is 17.1. The van der Waals surface area contributed by atoms with E-state index >= 15 is 0 Å². The van der Waals surface area contributed by atoms with Crippen LogP contribution in [0.15, 0.2) is 18.2 Å². The summed E-state index contributed by atoms with van der Waals surface area (Å²) in [5.41, 5.74) is 4.39. The minimum atomic E-state index is -0.0843. The van der Waals surface area contributed by atoms with E-state index in [4.69, 9.17) is 0 Å². The first-order valence-corrected chi connectivity index (χ1v) is 8.68. The van der Waals surface area contributed by atoms with Gasteiger partial charge in [0.25, 0.3) is 0 Å². The number of rotatable bonds is 1. The zero-order chi connectivity index (χ0) is 16.9. The van der Waals surface area contributed by atoms with Crippen molar-refractivity contribution in [1.29, 1.82) is 0 Å². The third kappa shape index (κ3) is 3.22. The Kier molecular flexibility index (Phi) is 4.20. The van der Waals surface area contributed by atoms with Gasteiger partial charge in [-0.2, -0.15) is 0 Å². The summed E-state index contributed by atoms with van der Waals surface area (Å²) in [6.45, 7) is 17.3. The van der Waals surface area contributed by atoms with Gasteiger partial charge in [-0.1, -0.05) is 41.5 Å². The average Bonchev–Trinajstić information content (AvgIpc) is 2.65. The van der Waals surface area contributed by atoms with Crippen molar-refractivity contribution in [3.63, 3.8) is 0 Å². The molecule has 0 bridgehead atoms. The van der Waals surface area contributed by atoms with Crippen LogP contribution >= 0.6 is 11.3 Å². The number of phenolic OH excluding ortho intramolecular Hbond substituents is 1. The largest absolute Gasteiger partial charge is 0.507 e. The Bertz CT molecular complexity index is 658. The Morgan fingerprint density at radius 2 is 1.27 bits per heavy atom. The van der Waals surface area contributed by atoms with Crippen molar-refractivity contribution in [3.05, 3.63) is 39.1 Å². The maximum absolute atomic E-state index is 10.8. The molecule has 0 radical (unpaired) electrons. The van der Waals surface area contributed by atoms with Gasteiger partial charge in [0.1, 0.15) is 5.75 Å². The molecular weight excluding hydrogens is 288 g/mol. The highest BCUT2D eigenvalue weighted by Gasteiger charge is 2.27. The molecule has 0 aliphatic carbocycles. The maximum atomic E-state index is 10.8. The van der Waals surface area contributed by atoms with Gasteiger partial charge in [-0.25, -0.2) is 0 Å². The monoisotopic (exact) mass is 316 g/mol. The number of thiophene rings is 1. The molecule has 2 heteroatoms. The SMILES string of the molecule is Cc1cc(-c2cc(C(C)(C)C)c(O)c(C(C)(C)C)c2)c(C)s1. The Morgan fingerprint density at radius 3 is 1.59 bits per heavy atom. The fraction of sp³-hybridized carbons (Fsp3) is 0.500. The molecule has 1 aromatic carbocycles. The molecule has 22 heavy (non-hydrogen) atoms. The highest BCUT2D eigenvalue weighted by molar-refractivity contribution is 7.12. The predicted octanol–water partition coefficient (Wildman–Crippen LogP) is 6.33. The van der Waals surface area contributed by atoms with E-state index in [0.717, 1.165) is 11.1 Å². The molecule has 2 rings (SSSR count). The summed E-state index contributed by atoms with van der Waals surface area (Å²) in [7, 11) is 0. The van der Waals surface area contributed by atoms with Gasteiger partial charge >= 0.3 is 0 Å². The highest BCUT2D eigenvalue weighted by Crippen LogP contribution is 2.43. The quantitative estimate of drug-likeness (QED) is 0.651. The molecule has 1 aromatic heterocycles. The van der Waals surface area contributed by atoms with E-state index in [1.54, 1.807) is 0 Å². The van der Waals surface area contributed by atoms with Crippen LogP contribution in [0.25, 0.3) is 11.1 Å². The number of phenols is 1. The second kappa shape index (κ2) is 5.42. The lowest BCUT2D eigenvalue weighted by molar-refractivity contribution is 0.423. The number of benzene rings is 1. The van der Waals surface area contributed by atoms with Crippen LogP contribution < -0.4 is 0 Å². The van der Waals surface area contributed by atoms with Gasteiger partial charge in [0.05, 0.1) is 0 Å². The molecule has 0 saturated carbocycles. The molecule has 0 aliphatic heterocycles. The average molecular weight is 317 g/mol. The molecule has 1 heterocycles. The van der Waals surface area contributed by atoms with Gasteiger partial charge in [-0.05, 0) is 54.0 Å². The fourth-order valence-electron chi connectivity index (χ4n) is 2.85. The van der Waals surface area contributed by atoms with Crippen LogP contribution in [0.3, 0.4) is 0 Å². The molecule has 0 fully saturated rings. The van der Waals surface area contributed by atoms with Gasteiger partial charge in [-0.3, -0.25) is 0 Å². The fourth-order valence-corrected chi connectivity index (χ4v) is 3.80. The summed E-state index contributed by atoms with van der Waals surface area (Å²) < 4.78 is 0. The molecule has 0 amide bonds. The molecule has 0 atom stereocenters. The second-order valence-electron chi connectivity index (χ2n) is 8.25. The normalized spacial score (nSPS) is 12.7. The van der Waals surface area contributed by atoms with Crippen LogP contribution in [0, 0.1) is 13.8 Å². The molecule has 0 saturated heterocycles. The first-order valence-electron chi connectivity index (χ1n) is 7.86. The van der Waals surface area contributed by atoms with E-state index in [2.05, 4.69) is 73.6 Å². The molecule has 0 aliphatic rings. The molecular formula is C20H28OS. The lowest BCUT2D eigenvalue weighted by atomic mass is 9.78. The van der Waals surface area contributed by atoms with Crippen molar-refractivity contribution in [2.75, 3.05) is 0 Å². The van der Waals surface area contributed by atoms with Crippen LogP contribution in [-0.4, -0.2) is 5.11 Å². The Morgan fingerprint density at radius 1 is 0.818 bits per heavy atom. The van der Waals surface area contributed by atoms with Crippen LogP contribution in [0.1, 0.15) is 62.4 Å². The smallest absolute Gasteiger partial charge is 0.123 e. The minimum absolute atomic E-state index is 0.0843. The Labute approximate surface area is 139 Å². The molecule has 0 spiro atoms. The lowest BCUT2D eigenvalue weighted by Gasteiger charge is -2.28. The Hall–Kier alpha value is -1.28. The zero-order valence-corrected chi connectivity index (χ0v) is 15.9. The number of hydrogen-bond acceptors (Lipinski definition) is 2. The summed E-state index contributed by atoms with van der Waals surface area (Å²) in [5.74, 6) is 0.452. The first-order chi connectivity index (χ1) is 9.91. The Balaban J connectivity index is 2.79. The van der Waals surface area contributed by atoms with Gasteiger partial charge in [0, 0.05) is 20.9 Å². The van der Waals surface area contributed by atoms with Crippen LogP contribution in [-0.2, 0) is 10.8 Å². The third-order valence-electron chi connectivity index (χ3n) is 4.08. The van der Waals surface area contributed by atoms with Crippen molar-refractivity contribution in [1.82, 2.24) is 0 Å². The summed E-state index contributed by atoms with van der Waals surface area (Å²) in [5, 5.41) is 10.8. The predicted molar refractivity (Wildman–Crippen MR) is 98.3 cm³/mol. The van der Waals surface area contributed by atoms with E-state index in [1.807, 2.05) is 11.3 Å². The zero-order valence-electron chi connectivity index (χ0n) is 15.1. The highest BCUT2D eigenvalue weighted by atomic mass is 32.1. The van der Waals surface area contributed by atoms with E-state index in [-0.39, 0.29) is 10.8 Å². The van der Waals surface area contributed by atoms with Gasteiger partial charge in [0.2, 0.25) is 0 Å². The van der Waals surface area contributed by atoms with E-state index in [0.29, 0.717) is 5.75 Å². The van der Waals surface area contributed by atoms with Gasteiger partial charge < -0.3 is 5.11 Å². The van der Waals surface area contributed by atoms with Crippen molar-refractivity contribution in [2.24, 2.45) is 0 Å². The summed E-state index contributed by atoms with van der Waals surface area (Å²) in [6, 6.07) is 6.59. The van der Waals surface area contributed by atoms with E-state index < -0.39 is 0 Å². The minimum Gasteiger partial charge on any atom is -0.507 e. The number of hydrogen-bond donors (Lipinski definition) is 1. The van der Waals surface area contributed by atoms with E-state index in [9.17, 15) is 5.11 Å². The van der Waals surface area contributed by atoms with Crippen molar-refractivity contribution >= 4 is 11.3 Å². The molecule has 120 valence electrons. The number of aromatic hydroxyl groups is 1. The summed E-state index contributed by atoms with van der Waals surface area (Å²) in [4.78, 5) is 2.66. The van der Waals surface area contributed by atoms with Gasteiger partial charge in [-0.15, -0.1) is 11.3 Å². The van der Waals surface area contributed by atoms with Crippen LogP contribution in [0.4, 0.5) is 0 Å². The molecule has 1 N–H and O–H groups in total. The van der Waals surface area contributed by atoms with Gasteiger partial charge in [0.15, 0.2) is 0 Å². The standard InChI is InChI=1S/C20H28OS/c1-12-9-15(13(2)22-12)14-10-16(19(3,4)5)18(21)17(11-14)20(6,7)8/h9-11,21H,1-8H3. The molecule has 2 aromatic rings. The molecule has 0 unspecified atom stereocenters. The van der Waals surface area contributed by atoms with Crippen molar-refractivity contribution < 1.29 is 5.11 Å². The second-order valence-corrected chi connectivity index (χ2v) is 9.71. The number of aryl methyl sites for hydroxylation is 2. The topological polar surface area (TPSA) is 20.2 Å². The maximum Gasteiger partial charge on any atom is 0.123 e.